The molecule has 0 radical (unpaired) electrons. The number of carbonyl (C=O) groups excluding carboxylic acids is 2. The van der Waals surface area contributed by atoms with E-state index in [0.29, 0.717) is 12.1 Å². The van der Waals surface area contributed by atoms with Crippen LogP contribution in [0.25, 0.3) is 0 Å². The van der Waals surface area contributed by atoms with Crippen molar-refractivity contribution in [2.45, 2.75) is 6.92 Å². The third-order valence-corrected chi connectivity index (χ3v) is 2.97. The summed E-state index contributed by atoms with van der Waals surface area (Å²) in [5.74, 6) is -0.336. The first-order valence-corrected chi connectivity index (χ1v) is 6.90. The molecule has 0 bridgehead atoms. The molecule has 23 heavy (non-hydrogen) atoms. The molecule has 0 spiro atoms. The van der Waals surface area contributed by atoms with Crippen molar-refractivity contribution in [3.05, 3.63) is 41.7 Å². The summed E-state index contributed by atoms with van der Waals surface area (Å²) >= 11 is 0. The Hall–Kier alpha value is -3.16. The molecule has 2 aromatic rings. The number of rotatable bonds is 6. The van der Waals surface area contributed by atoms with Gasteiger partial charge >= 0.3 is 0 Å². The van der Waals surface area contributed by atoms with Crippen LogP contribution in [0.1, 0.15) is 27.6 Å². The minimum Gasteiger partial charge on any atom is -0.493 e. The molecule has 0 unspecified atom stereocenters. The number of ether oxygens (including phenoxy) is 1. The third kappa shape index (κ3) is 3.73. The molecule has 0 aliphatic carbocycles. The Morgan fingerprint density at radius 1 is 1.35 bits per heavy atom. The monoisotopic (exact) mass is 315 g/mol. The fourth-order valence-corrected chi connectivity index (χ4v) is 1.91. The number of pyridine rings is 2. The fraction of sp³-hybridized carbons (Fsp3) is 0.200. The van der Waals surface area contributed by atoms with Gasteiger partial charge in [0, 0.05) is 25.0 Å². The van der Waals surface area contributed by atoms with Crippen LogP contribution in [0, 0.1) is 0 Å². The number of hydrogen-bond acceptors (Lipinski definition) is 6. The minimum absolute atomic E-state index is 0.183. The largest absolute Gasteiger partial charge is 0.493 e. The topological polar surface area (TPSA) is 119 Å². The second-order valence-electron chi connectivity index (χ2n) is 4.53. The van der Waals surface area contributed by atoms with Crippen molar-refractivity contribution >= 4 is 23.5 Å². The Kier molecular flexibility index (Phi) is 5.08. The molecular formula is C15H17N5O3. The van der Waals surface area contributed by atoms with E-state index in [-0.39, 0.29) is 22.9 Å². The zero-order valence-corrected chi connectivity index (χ0v) is 12.8. The van der Waals surface area contributed by atoms with Gasteiger partial charge in [-0.1, -0.05) is 0 Å². The summed E-state index contributed by atoms with van der Waals surface area (Å²) in [7, 11) is 1.41. The van der Waals surface area contributed by atoms with Crippen LogP contribution in [0.2, 0.25) is 0 Å². The summed E-state index contributed by atoms with van der Waals surface area (Å²) in [5, 5.41) is 5.57. The Morgan fingerprint density at radius 2 is 2.13 bits per heavy atom. The van der Waals surface area contributed by atoms with E-state index < -0.39 is 11.8 Å². The lowest BCUT2D eigenvalue weighted by Crippen LogP contribution is -2.19. The zero-order valence-electron chi connectivity index (χ0n) is 12.8. The summed E-state index contributed by atoms with van der Waals surface area (Å²) in [4.78, 5) is 31.8. The number of primary amides is 1. The lowest BCUT2D eigenvalue weighted by Gasteiger charge is -2.14. The molecule has 8 heteroatoms. The Morgan fingerprint density at radius 3 is 2.70 bits per heavy atom. The zero-order chi connectivity index (χ0) is 16.8. The average Bonchev–Trinajstić information content (AvgIpc) is 2.56. The highest BCUT2D eigenvalue weighted by Crippen LogP contribution is 2.28. The SMILES string of the molecule is CCNc1nc(NC(=O)c2cccnc2)c(OC)cc1C(N)=O. The van der Waals surface area contributed by atoms with E-state index in [1.165, 1.54) is 19.4 Å². The van der Waals surface area contributed by atoms with Crippen LogP contribution in [0.15, 0.2) is 30.6 Å². The second kappa shape index (κ2) is 7.21. The molecule has 0 aliphatic heterocycles. The summed E-state index contributed by atoms with van der Waals surface area (Å²) in [5.41, 5.74) is 5.90. The van der Waals surface area contributed by atoms with Gasteiger partial charge in [0.15, 0.2) is 11.6 Å². The maximum absolute atomic E-state index is 12.2. The number of aromatic nitrogens is 2. The number of nitrogens with one attached hydrogen (secondary N) is 2. The van der Waals surface area contributed by atoms with Crippen molar-refractivity contribution in [1.82, 2.24) is 9.97 Å². The molecule has 2 heterocycles. The van der Waals surface area contributed by atoms with Gasteiger partial charge in [0.2, 0.25) is 0 Å². The van der Waals surface area contributed by atoms with Crippen LogP contribution < -0.4 is 21.1 Å². The van der Waals surface area contributed by atoms with Crippen molar-refractivity contribution in [3.8, 4) is 5.75 Å². The number of anilines is 2. The van der Waals surface area contributed by atoms with E-state index >= 15 is 0 Å². The molecule has 0 atom stereocenters. The van der Waals surface area contributed by atoms with E-state index in [9.17, 15) is 9.59 Å². The van der Waals surface area contributed by atoms with Gasteiger partial charge in [0.05, 0.1) is 18.2 Å². The standard InChI is InChI=1S/C15H17N5O3/c1-3-18-13-10(12(16)21)7-11(23-2)14(19-13)20-15(22)9-5-4-6-17-8-9/h4-8H,3H2,1-2H3,(H2,16,21)(H2,18,19,20,22). The van der Waals surface area contributed by atoms with Gasteiger partial charge in [-0.15, -0.1) is 0 Å². The fourth-order valence-electron chi connectivity index (χ4n) is 1.91. The highest BCUT2D eigenvalue weighted by atomic mass is 16.5. The molecule has 2 rings (SSSR count). The first kappa shape index (κ1) is 16.2. The Balaban J connectivity index is 2.39. The molecule has 0 aromatic carbocycles. The summed E-state index contributed by atoms with van der Waals surface area (Å²) < 4.78 is 5.18. The summed E-state index contributed by atoms with van der Waals surface area (Å²) in [6.45, 7) is 2.39. The number of nitrogens with two attached hydrogens (primary N) is 1. The van der Waals surface area contributed by atoms with Crippen LogP contribution in [0.3, 0.4) is 0 Å². The first-order chi connectivity index (χ1) is 11.1. The van der Waals surface area contributed by atoms with Crippen molar-refractivity contribution < 1.29 is 14.3 Å². The van der Waals surface area contributed by atoms with Crippen LogP contribution in [0.4, 0.5) is 11.6 Å². The predicted molar refractivity (Wildman–Crippen MR) is 85.7 cm³/mol. The first-order valence-electron chi connectivity index (χ1n) is 6.90. The van der Waals surface area contributed by atoms with Gasteiger partial charge in [-0.25, -0.2) is 4.98 Å². The molecule has 4 N–H and O–H groups in total. The summed E-state index contributed by atoms with van der Waals surface area (Å²) in [6, 6.07) is 4.71. The van der Waals surface area contributed by atoms with Crippen LogP contribution in [0.5, 0.6) is 5.75 Å². The van der Waals surface area contributed by atoms with Gasteiger partial charge in [-0.3, -0.25) is 14.6 Å². The van der Waals surface area contributed by atoms with Gasteiger partial charge in [-0.05, 0) is 19.1 Å². The second-order valence-corrected chi connectivity index (χ2v) is 4.53. The number of methoxy groups -OCH3 is 1. The summed E-state index contributed by atoms with van der Waals surface area (Å²) in [6.07, 6.45) is 3.01. The lowest BCUT2D eigenvalue weighted by atomic mass is 10.2. The maximum atomic E-state index is 12.2. The Bertz CT molecular complexity index is 719. The van der Waals surface area contributed by atoms with E-state index in [2.05, 4.69) is 20.6 Å². The number of hydrogen-bond donors (Lipinski definition) is 3. The molecule has 120 valence electrons. The van der Waals surface area contributed by atoms with Gasteiger partial charge in [0.25, 0.3) is 11.8 Å². The number of carbonyl (C=O) groups is 2. The van der Waals surface area contributed by atoms with Gasteiger partial charge in [-0.2, -0.15) is 0 Å². The molecule has 2 aromatic heterocycles. The van der Waals surface area contributed by atoms with Crippen molar-refractivity contribution in [2.24, 2.45) is 5.73 Å². The highest BCUT2D eigenvalue weighted by Gasteiger charge is 2.18. The third-order valence-electron chi connectivity index (χ3n) is 2.97. The van der Waals surface area contributed by atoms with Crippen molar-refractivity contribution in [3.63, 3.8) is 0 Å². The maximum Gasteiger partial charge on any atom is 0.258 e. The quantitative estimate of drug-likeness (QED) is 0.738. The highest BCUT2D eigenvalue weighted by molar-refractivity contribution is 6.05. The number of amides is 2. The van der Waals surface area contributed by atoms with Crippen molar-refractivity contribution in [1.29, 1.82) is 0 Å². The van der Waals surface area contributed by atoms with Crippen LogP contribution in [-0.2, 0) is 0 Å². The van der Waals surface area contributed by atoms with Crippen LogP contribution in [-0.4, -0.2) is 35.4 Å². The smallest absolute Gasteiger partial charge is 0.258 e. The Labute approximate surface area is 133 Å². The normalized spacial score (nSPS) is 10.0. The molecule has 2 amide bonds. The average molecular weight is 315 g/mol. The minimum atomic E-state index is -0.642. The van der Waals surface area contributed by atoms with Crippen molar-refractivity contribution in [2.75, 3.05) is 24.3 Å². The van der Waals surface area contributed by atoms with E-state index in [1.54, 1.807) is 18.3 Å². The van der Waals surface area contributed by atoms with E-state index in [4.69, 9.17) is 10.5 Å². The van der Waals surface area contributed by atoms with E-state index in [0.717, 1.165) is 0 Å². The lowest BCUT2D eigenvalue weighted by molar-refractivity contribution is 0.0998. The van der Waals surface area contributed by atoms with Crippen LogP contribution >= 0.6 is 0 Å². The van der Waals surface area contributed by atoms with Gasteiger partial charge < -0.3 is 21.1 Å². The molecule has 0 aliphatic rings. The number of nitrogens with zero attached hydrogens (tertiary/aromatic N) is 2. The molecule has 0 saturated carbocycles. The molecule has 0 saturated heterocycles. The van der Waals surface area contributed by atoms with Gasteiger partial charge in [0.1, 0.15) is 5.82 Å². The van der Waals surface area contributed by atoms with E-state index in [1.807, 2.05) is 6.92 Å². The predicted octanol–water partition coefficient (Wildman–Crippen LogP) is 1.27. The molecule has 8 nitrogen and oxygen atoms in total. The molecule has 0 fully saturated rings. The molecular weight excluding hydrogens is 298 g/mol.